The van der Waals surface area contributed by atoms with Gasteiger partial charge in [0, 0.05) is 47.8 Å². The van der Waals surface area contributed by atoms with Gasteiger partial charge in [0.1, 0.15) is 23.1 Å². The van der Waals surface area contributed by atoms with E-state index in [0.29, 0.717) is 50.7 Å². The van der Waals surface area contributed by atoms with Gasteiger partial charge in [-0.15, -0.1) is 0 Å². The first kappa shape index (κ1) is 25.3. The number of carbonyl (C=O) groups is 1. The zero-order valence-electron chi connectivity index (χ0n) is 20.3. The highest BCUT2D eigenvalue weighted by molar-refractivity contribution is 7.80. The molecule has 4 rings (SSSR count). The molecular formula is C29H26FNO4S. The predicted octanol–water partition coefficient (Wildman–Crippen LogP) is 6.61. The fourth-order valence-electron chi connectivity index (χ4n) is 4.01. The minimum absolute atomic E-state index is 0.0163. The largest absolute Gasteiger partial charge is 0.493 e. The fourth-order valence-corrected chi connectivity index (χ4v) is 4.32. The number of pyridine rings is 1. The van der Waals surface area contributed by atoms with Crippen LogP contribution in [0.2, 0.25) is 0 Å². The molecule has 0 bridgehead atoms. The molecule has 0 saturated heterocycles. The Labute approximate surface area is 214 Å². The molecule has 0 amide bonds. The topological polar surface area (TPSA) is 57.7 Å². The lowest BCUT2D eigenvalue weighted by atomic mass is 10.0. The van der Waals surface area contributed by atoms with Crippen molar-refractivity contribution in [3.8, 4) is 23.0 Å². The molecule has 36 heavy (non-hydrogen) atoms. The maximum absolute atomic E-state index is 14.9. The number of ether oxygens (including phenoxy) is 3. The maximum Gasteiger partial charge on any atom is 0.162 e. The lowest BCUT2D eigenvalue weighted by Crippen LogP contribution is -2.11. The smallest absolute Gasteiger partial charge is 0.162 e. The molecule has 0 aliphatic rings. The summed E-state index contributed by atoms with van der Waals surface area (Å²) < 4.78 is 31.6. The summed E-state index contributed by atoms with van der Waals surface area (Å²) in [5.74, 6) is 1.50. The van der Waals surface area contributed by atoms with Crippen molar-refractivity contribution >= 4 is 33.8 Å². The summed E-state index contributed by atoms with van der Waals surface area (Å²) in [5.41, 5.74) is 3.13. The molecule has 5 nitrogen and oxygen atoms in total. The molecule has 0 aliphatic carbocycles. The average molecular weight is 504 g/mol. The molecule has 0 fully saturated rings. The quantitative estimate of drug-likeness (QED) is 0.227. The second kappa shape index (κ2) is 11.3. The van der Waals surface area contributed by atoms with Gasteiger partial charge in [0.15, 0.2) is 11.5 Å². The zero-order valence-corrected chi connectivity index (χ0v) is 21.2. The minimum atomic E-state index is -0.446. The Kier molecular flexibility index (Phi) is 7.90. The van der Waals surface area contributed by atoms with E-state index >= 15 is 0 Å². The van der Waals surface area contributed by atoms with Crippen molar-refractivity contribution in [2.75, 3.05) is 14.2 Å². The Morgan fingerprint density at radius 3 is 2.44 bits per heavy atom. The summed E-state index contributed by atoms with van der Waals surface area (Å²) in [4.78, 5) is 17.3. The third-order valence-corrected chi connectivity index (χ3v) is 6.01. The van der Waals surface area contributed by atoms with Gasteiger partial charge in [0.05, 0.1) is 19.7 Å². The van der Waals surface area contributed by atoms with Crippen LogP contribution in [0.5, 0.6) is 23.0 Å². The number of nitrogens with zero attached hydrogens (tertiary/aromatic N) is 1. The van der Waals surface area contributed by atoms with Gasteiger partial charge < -0.3 is 14.2 Å². The van der Waals surface area contributed by atoms with Crippen molar-refractivity contribution < 1.29 is 23.4 Å². The number of thiocarbonyl (C=S) groups is 1. The van der Waals surface area contributed by atoms with Gasteiger partial charge in [0.2, 0.25) is 0 Å². The first-order chi connectivity index (χ1) is 17.4. The SMILES string of the molecule is COc1cc2nccc(Oc3ccc(CC(=S)CC(=O)Cc4cccc(C)c4)c(F)c3)c2cc1OC. The van der Waals surface area contributed by atoms with E-state index < -0.39 is 5.82 Å². The van der Waals surface area contributed by atoms with Gasteiger partial charge in [-0.3, -0.25) is 9.78 Å². The van der Waals surface area contributed by atoms with E-state index in [0.717, 1.165) is 11.1 Å². The van der Waals surface area contributed by atoms with E-state index in [4.69, 9.17) is 26.4 Å². The van der Waals surface area contributed by atoms with E-state index in [2.05, 4.69) is 4.98 Å². The summed E-state index contributed by atoms with van der Waals surface area (Å²) in [6, 6.07) is 17.7. The molecule has 1 heterocycles. The van der Waals surface area contributed by atoms with E-state index in [1.54, 1.807) is 50.7 Å². The highest BCUT2D eigenvalue weighted by Gasteiger charge is 2.14. The van der Waals surface area contributed by atoms with Crippen LogP contribution < -0.4 is 14.2 Å². The van der Waals surface area contributed by atoms with Crippen LogP contribution in [0, 0.1) is 12.7 Å². The molecule has 7 heteroatoms. The first-order valence-corrected chi connectivity index (χ1v) is 11.8. The number of ketones is 1. The van der Waals surface area contributed by atoms with Gasteiger partial charge in [0.25, 0.3) is 0 Å². The van der Waals surface area contributed by atoms with Gasteiger partial charge in [-0.05, 0) is 36.2 Å². The molecule has 0 unspecified atom stereocenters. The van der Waals surface area contributed by atoms with Gasteiger partial charge >= 0.3 is 0 Å². The van der Waals surface area contributed by atoms with Crippen LogP contribution in [0.1, 0.15) is 23.1 Å². The number of benzene rings is 3. The van der Waals surface area contributed by atoms with Crippen LogP contribution in [0.15, 0.2) is 66.9 Å². The average Bonchev–Trinajstić information content (AvgIpc) is 2.85. The number of Topliss-reactive ketones (excluding diaryl/α,β-unsaturated/α-hetero) is 1. The Bertz CT molecular complexity index is 1440. The molecule has 0 saturated carbocycles. The van der Waals surface area contributed by atoms with Crippen LogP contribution in [-0.2, 0) is 17.6 Å². The summed E-state index contributed by atoms with van der Waals surface area (Å²) in [6.07, 6.45) is 2.26. The van der Waals surface area contributed by atoms with Crippen molar-refractivity contribution in [2.45, 2.75) is 26.2 Å². The van der Waals surface area contributed by atoms with Crippen molar-refractivity contribution in [1.29, 1.82) is 0 Å². The Hall–Kier alpha value is -3.84. The number of methoxy groups -OCH3 is 2. The Morgan fingerprint density at radius 2 is 1.72 bits per heavy atom. The molecule has 0 N–H and O–H groups in total. The third-order valence-electron chi connectivity index (χ3n) is 5.72. The van der Waals surface area contributed by atoms with Crippen LogP contribution in [0.25, 0.3) is 10.9 Å². The number of aryl methyl sites for hydroxylation is 1. The number of rotatable bonds is 10. The number of carbonyl (C=O) groups excluding carboxylic acids is 1. The summed E-state index contributed by atoms with van der Waals surface area (Å²) in [7, 11) is 3.11. The summed E-state index contributed by atoms with van der Waals surface area (Å²) in [6.45, 7) is 1.99. The standard InChI is InChI=1S/C29H26FNO4S/c1-18-5-4-6-19(11-18)12-21(32)14-23(36)13-20-7-8-22(15-25(20)30)35-27-9-10-31-26-17-29(34-3)28(33-2)16-24(26)27/h4-11,15-17H,12-14H2,1-3H3. The van der Waals surface area contributed by atoms with Crippen LogP contribution in [-0.4, -0.2) is 29.9 Å². The van der Waals surface area contributed by atoms with Gasteiger partial charge in [-0.25, -0.2) is 4.39 Å². The fraction of sp³-hybridized carbons (Fsp3) is 0.207. The van der Waals surface area contributed by atoms with Gasteiger partial charge in [-0.2, -0.15) is 0 Å². The van der Waals surface area contributed by atoms with E-state index in [-0.39, 0.29) is 18.6 Å². The van der Waals surface area contributed by atoms with E-state index in [9.17, 15) is 9.18 Å². The monoisotopic (exact) mass is 503 g/mol. The molecule has 0 spiro atoms. The van der Waals surface area contributed by atoms with Crippen LogP contribution >= 0.6 is 12.2 Å². The molecule has 0 radical (unpaired) electrons. The van der Waals surface area contributed by atoms with Crippen molar-refractivity contribution in [3.05, 3.63) is 89.4 Å². The predicted molar refractivity (Wildman–Crippen MR) is 142 cm³/mol. The number of hydrogen-bond acceptors (Lipinski definition) is 6. The molecular weight excluding hydrogens is 477 g/mol. The van der Waals surface area contributed by atoms with Crippen molar-refractivity contribution in [2.24, 2.45) is 0 Å². The molecule has 0 atom stereocenters. The molecule has 4 aromatic rings. The maximum atomic E-state index is 14.9. The molecule has 1 aromatic heterocycles. The second-order valence-corrected chi connectivity index (χ2v) is 9.06. The normalized spacial score (nSPS) is 10.8. The lowest BCUT2D eigenvalue weighted by Gasteiger charge is -2.13. The second-order valence-electron chi connectivity index (χ2n) is 8.49. The van der Waals surface area contributed by atoms with Crippen molar-refractivity contribution in [3.63, 3.8) is 0 Å². The lowest BCUT2D eigenvalue weighted by molar-refractivity contribution is -0.117. The van der Waals surface area contributed by atoms with E-state index in [1.807, 2.05) is 31.2 Å². The highest BCUT2D eigenvalue weighted by atomic mass is 32.1. The Morgan fingerprint density at radius 1 is 0.944 bits per heavy atom. The number of fused-ring (bicyclic) bond motifs is 1. The van der Waals surface area contributed by atoms with E-state index in [1.165, 1.54) is 6.07 Å². The number of hydrogen-bond donors (Lipinski definition) is 0. The van der Waals surface area contributed by atoms with Crippen LogP contribution in [0.3, 0.4) is 0 Å². The zero-order chi connectivity index (χ0) is 25.7. The molecule has 0 aliphatic heterocycles. The molecule has 184 valence electrons. The van der Waals surface area contributed by atoms with Crippen molar-refractivity contribution in [1.82, 2.24) is 4.98 Å². The Balaban J connectivity index is 1.44. The minimum Gasteiger partial charge on any atom is -0.493 e. The first-order valence-electron chi connectivity index (χ1n) is 11.4. The van der Waals surface area contributed by atoms with Crippen LogP contribution in [0.4, 0.5) is 4.39 Å². The van der Waals surface area contributed by atoms with Gasteiger partial charge in [-0.1, -0.05) is 48.1 Å². The number of aromatic nitrogens is 1. The summed E-state index contributed by atoms with van der Waals surface area (Å²) in [5, 5.41) is 0.702. The number of halogens is 1. The highest BCUT2D eigenvalue weighted by Crippen LogP contribution is 2.37. The molecule has 3 aromatic carbocycles. The summed E-state index contributed by atoms with van der Waals surface area (Å²) >= 11 is 5.40. The third kappa shape index (κ3) is 6.04.